The molecule has 1 aromatic rings. The SMILES string of the molecule is Cc1ccc(C(O)(C(=O)NCCN2CCOCC2)C23CC4CC(CC(C4)C2)C3)s1. The fraction of sp³-hybridized carbons (Fsp3) is 0.783. The van der Waals surface area contributed by atoms with Crippen molar-refractivity contribution in [2.45, 2.75) is 51.0 Å². The zero-order valence-electron chi connectivity index (χ0n) is 17.5. The van der Waals surface area contributed by atoms with E-state index in [2.05, 4.69) is 17.1 Å². The Labute approximate surface area is 177 Å². The molecule has 1 aromatic heterocycles. The molecule has 6 heteroatoms. The first-order chi connectivity index (χ1) is 14.0. The minimum atomic E-state index is -1.40. The number of carbonyl (C=O) groups excluding carboxylic acids is 1. The summed E-state index contributed by atoms with van der Waals surface area (Å²) in [6, 6.07) is 4.05. The van der Waals surface area contributed by atoms with Gasteiger partial charge in [-0.1, -0.05) is 0 Å². The molecular formula is C23H34N2O3S. The fourth-order valence-electron chi connectivity index (χ4n) is 7.08. The van der Waals surface area contributed by atoms with E-state index in [-0.39, 0.29) is 11.3 Å². The summed E-state index contributed by atoms with van der Waals surface area (Å²) in [5.74, 6) is 1.90. The quantitative estimate of drug-likeness (QED) is 0.746. The number of carbonyl (C=O) groups is 1. The molecule has 5 aliphatic rings. The van der Waals surface area contributed by atoms with Gasteiger partial charge < -0.3 is 15.2 Å². The molecule has 2 heterocycles. The zero-order valence-corrected chi connectivity index (χ0v) is 18.3. The number of morpholine rings is 1. The van der Waals surface area contributed by atoms with Crippen molar-refractivity contribution >= 4 is 17.2 Å². The highest BCUT2D eigenvalue weighted by Gasteiger charge is 2.64. The lowest BCUT2D eigenvalue weighted by molar-refractivity contribution is -0.193. The number of amides is 1. The van der Waals surface area contributed by atoms with Crippen molar-refractivity contribution in [2.75, 3.05) is 39.4 Å². The molecule has 1 aliphatic heterocycles. The van der Waals surface area contributed by atoms with Gasteiger partial charge in [0.2, 0.25) is 0 Å². The average Bonchev–Trinajstić information content (AvgIpc) is 3.13. The number of rotatable bonds is 6. The van der Waals surface area contributed by atoms with Crippen LogP contribution in [0.15, 0.2) is 12.1 Å². The normalized spacial score (nSPS) is 36.1. The van der Waals surface area contributed by atoms with Crippen LogP contribution in [0.2, 0.25) is 0 Å². The average molecular weight is 419 g/mol. The lowest BCUT2D eigenvalue weighted by atomic mass is 9.45. The predicted molar refractivity (Wildman–Crippen MR) is 114 cm³/mol. The highest BCUT2D eigenvalue weighted by Crippen LogP contribution is 2.66. The minimum absolute atomic E-state index is 0.172. The molecule has 2 N–H and O–H groups in total. The molecule has 5 fully saturated rings. The third kappa shape index (κ3) is 3.46. The van der Waals surface area contributed by atoms with E-state index in [1.165, 1.54) is 19.3 Å². The highest BCUT2D eigenvalue weighted by atomic mass is 32.1. The van der Waals surface area contributed by atoms with E-state index in [0.717, 1.165) is 61.9 Å². The first-order valence-corrected chi connectivity index (χ1v) is 12.2. The smallest absolute Gasteiger partial charge is 0.258 e. The summed E-state index contributed by atoms with van der Waals surface area (Å²) < 4.78 is 5.41. The first kappa shape index (κ1) is 20.0. The van der Waals surface area contributed by atoms with Gasteiger partial charge in [0.25, 0.3) is 5.91 Å². The third-order valence-corrected chi connectivity index (χ3v) is 9.16. The van der Waals surface area contributed by atoms with Gasteiger partial charge >= 0.3 is 0 Å². The number of thiophene rings is 1. The third-order valence-electron chi connectivity index (χ3n) is 8.05. The summed E-state index contributed by atoms with van der Waals surface area (Å²) in [5.41, 5.74) is -1.69. The number of hydrogen-bond acceptors (Lipinski definition) is 5. The van der Waals surface area contributed by atoms with E-state index in [4.69, 9.17) is 4.74 Å². The van der Waals surface area contributed by atoms with Crippen molar-refractivity contribution < 1.29 is 14.6 Å². The van der Waals surface area contributed by atoms with E-state index in [1.54, 1.807) is 11.3 Å². The molecule has 4 aliphatic carbocycles. The van der Waals surface area contributed by atoms with Gasteiger partial charge in [-0.2, -0.15) is 0 Å². The molecular weight excluding hydrogens is 384 g/mol. The number of nitrogens with one attached hydrogen (secondary N) is 1. The monoisotopic (exact) mass is 418 g/mol. The molecule has 1 atom stereocenters. The van der Waals surface area contributed by atoms with Gasteiger partial charge in [-0.25, -0.2) is 0 Å². The van der Waals surface area contributed by atoms with Gasteiger partial charge in [0.15, 0.2) is 5.60 Å². The summed E-state index contributed by atoms with van der Waals surface area (Å²) in [6.45, 7) is 6.82. The second kappa shape index (κ2) is 7.63. The van der Waals surface area contributed by atoms with Crippen LogP contribution in [0.3, 0.4) is 0 Å². The molecule has 160 valence electrons. The Kier molecular flexibility index (Phi) is 5.26. The molecule has 4 bridgehead atoms. The number of aryl methyl sites for hydroxylation is 1. The lowest BCUT2D eigenvalue weighted by Gasteiger charge is -2.61. The molecule has 0 spiro atoms. The van der Waals surface area contributed by atoms with E-state index in [1.807, 2.05) is 12.1 Å². The van der Waals surface area contributed by atoms with Gasteiger partial charge in [0.1, 0.15) is 0 Å². The van der Waals surface area contributed by atoms with Gasteiger partial charge in [-0.05, 0) is 75.3 Å². The van der Waals surface area contributed by atoms with Crippen LogP contribution in [0.25, 0.3) is 0 Å². The summed E-state index contributed by atoms with van der Waals surface area (Å²) in [7, 11) is 0. The topological polar surface area (TPSA) is 61.8 Å². The van der Waals surface area contributed by atoms with Crippen LogP contribution in [0, 0.1) is 30.1 Å². The largest absolute Gasteiger partial charge is 0.379 e. The second-order valence-corrected chi connectivity index (χ2v) is 11.3. The maximum atomic E-state index is 13.6. The Balaban J connectivity index is 1.38. The van der Waals surface area contributed by atoms with Crippen LogP contribution in [0.1, 0.15) is 48.3 Å². The Hall–Kier alpha value is -0.950. The molecule has 0 radical (unpaired) electrons. The molecule has 29 heavy (non-hydrogen) atoms. The summed E-state index contributed by atoms with van der Waals surface area (Å²) in [6.07, 6.45) is 6.92. The van der Waals surface area contributed by atoms with Crippen molar-refractivity contribution in [3.8, 4) is 0 Å². The predicted octanol–water partition coefficient (Wildman–Crippen LogP) is 2.91. The minimum Gasteiger partial charge on any atom is -0.379 e. The van der Waals surface area contributed by atoms with Crippen molar-refractivity contribution in [3.05, 3.63) is 21.9 Å². The molecule has 4 saturated carbocycles. The van der Waals surface area contributed by atoms with E-state index in [0.29, 0.717) is 24.3 Å². The second-order valence-electron chi connectivity index (χ2n) is 10.0. The van der Waals surface area contributed by atoms with Crippen molar-refractivity contribution in [3.63, 3.8) is 0 Å². The number of ether oxygens (including phenoxy) is 1. The van der Waals surface area contributed by atoms with E-state index < -0.39 is 5.60 Å². The van der Waals surface area contributed by atoms with Crippen LogP contribution in [0.5, 0.6) is 0 Å². The molecule has 6 rings (SSSR count). The van der Waals surface area contributed by atoms with Gasteiger partial charge in [-0.15, -0.1) is 11.3 Å². The molecule has 5 nitrogen and oxygen atoms in total. The zero-order chi connectivity index (χ0) is 20.1. The first-order valence-electron chi connectivity index (χ1n) is 11.4. The Morgan fingerprint density at radius 3 is 2.38 bits per heavy atom. The van der Waals surface area contributed by atoms with E-state index >= 15 is 0 Å². The fourth-order valence-corrected chi connectivity index (χ4v) is 8.15. The van der Waals surface area contributed by atoms with Crippen LogP contribution in [0.4, 0.5) is 0 Å². The maximum Gasteiger partial charge on any atom is 0.258 e. The number of aliphatic hydroxyl groups is 1. The van der Waals surface area contributed by atoms with Crippen LogP contribution in [-0.4, -0.2) is 55.3 Å². The standard InChI is InChI=1S/C23H34N2O3S/c1-16-2-3-20(29-16)23(27,21(26)24-4-5-25-6-8-28-9-7-25)22-13-17-10-18(14-22)12-19(11-17)15-22/h2-3,17-19,27H,4-15H2,1H3,(H,24,26). The highest BCUT2D eigenvalue weighted by molar-refractivity contribution is 7.12. The number of hydrogen-bond donors (Lipinski definition) is 2. The van der Waals surface area contributed by atoms with Gasteiger partial charge in [-0.3, -0.25) is 9.69 Å². The molecule has 1 unspecified atom stereocenters. The van der Waals surface area contributed by atoms with Crippen molar-refractivity contribution in [1.82, 2.24) is 10.2 Å². The van der Waals surface area contributed by atoms with Crippen molar-refractivity contribution in [1.29, 1.82) is 0 Å². The molecule has 0 aromatic carbocycles. The lowest BCUT2D eigenvalue weighted by Crippen LogP contribution is -2.62. The number of nitrogens with zero attached hydrogens (tertiary/aromatic N) is 1. The van der Waals surface area contributed by atoms with Crippen LogP contribution in [-0.2, 0) is 15.1 Å². The van der Waals surface area contributed by atoms with Gasteiger partial charge in [0.05, 0.1) is 13.2 Å². The maximum absolute atomic E-state index is 13.6. The Bertz CT molecular complexity index is 722. The summed E-state index contributed by atoms with van der Waals surface area (Å²) >= 11 is 1.60. The Morgan fingerprint density at radius 2 is 1.83 bits per heavy atom. The van der Waals surface area contributed by atoms with Gasteiger partial charge in [0, 0.05) is 41.3 Å². The Morgan fingerprint density at radius 1 is 1.21 bits per heavy atom. The van der Waals surface area contributed by atoms with Crippen molar-refractivity contribution in [2.24, 2.45) is 23.2 Å². The van der Waals surface area contributed by atoms with Crippen LogP contribution >= 0.6 is 11.3 Å². The summed E-state index contributed by atoms with van der Waals surface area (Å²) in [5, 5.41) is 15.4. The summed E-state index contributed by atoms with van der Waals surface area (Å²) in [4.78, 5) is 18.0. The van der Waals surface area contributed by atoms with Crippen LogP contribution < -0.4 is 5.32 Å². The van der Waals surface area contributed by atoms with E-state index in [9.17, 15) is 9.90 Å². The molecule has 1 amide bonds. The molecule has 1 saturated heterocycles.